The number of H-pyrrole nitrogens is 1. The Kier molecular flexibility index (Phi) is 4.78. The van der Waals surface area contributed by atoms with Gasteiger partial charge < -0.3 is 20.7 Å². The van der Waals surface area contributed by atoms with Gasteiger partial charge in [0.1, 0.15) is 23.9 Å². The third kappa shape index (κ3) is 4.50. The lowest BCUT2D eigenvalue weighted by Gasteiger charge is -2.11. The normalized spacial score (nSPS) is 10.6. The number of amides is 1. The van der Waals surface area contributed by atoms with Crippen LogP contribution in [0.5, 0.6) is 5.75 Å². The van der Waals surface area contributed by atoms with Crippen LogP contribution in [0.2, 0.25) is 0 Å². The molecule has 0 unspecified atom stereocenters. The van der Waals surface area contributed by atoms with Crippen molar-refractivity contribution in [2.75, 3.05) is 38.3 Å². The van der Waals surface area contributed by atoms with E-state index in [-0.39, 0.29) is 11.7 Å². The monoisotopic (exact) mass is 289 g/mol. The van der Waals surface area contributed by atoms with E-state index in [1.54, 1.807) is 12.1 Å². The van der Waals surface area contributed by atoms with Crippen LogP contribution in [0.1, 0.15) is 10.5 Å². The van der Waals surface area contributed by atoms with Crippen LogP contribution in [0.15, 0.2) is 30.3 Å². The molecule has 7 nitrogen and oxygen atoms in total. The number of hydrogen-bond acceptors (Lipinski definition) is 5. The number of nitrogens with one attached hydrogen (secondary N) is 2. The first-order valence-electron chi connectivity index (χ1n) is 6.54. The summed E-state index contributed by atoms with van der Waals surface area (Å²) < 4.78 is 5.58. The number of ether oxygens (including phenoxy) is 1. The van der Waals surface area contributed by atoms with Crippen LogP contribution >= 0.6 is 0 Å². The van der Waals surface area contributed by atoms with E-state index in [2.05, 4.69) is 15.5 Å². The molecule has 2 aromatic rings. The lowest BCUT2D eigenvalue weighted by atomic mass is 10.3. The van der Waals surface area contributed by atoms with Gasteiger partial charge in [0.15, 0.2) is 0 Å². The fraction of sp³-hybridized carbons (Fsp3) is 0.286. The summed E-state index contributed by atoms with van der Waals surface area (Å²) in [6.45, 7) is 1.46. The summed E-state index contributed by atoms with van der Waals surface area (Å²) in [5.41, 5.74) is 6.45. The predicted molar refractivity (Wildman–Crippen MR) is 81.4 cm³/mol. The molecule has 0 aliphatic rings. The number of benzene rings is 1. The Morgan fingerprint density at radius 1 is 1.38 bits per heavy atom. The van der Waals surface area contributed by atoms with Gasteiger partial charge in [-0.1, -0.05) is 0 Å². The molecule has 0 aliphatic carbocycles. The van der Waals surface area contributed by atoms with Crippen molar-refractivity contribution in [3.05, 3.63) is 36.0 Å². The number of anilines is 2. The number of aromatic nitrogens is 2. The van der Waals surface area contributed by atoms with Crippen molar-refractivity contribution in [2.45, 2.75) is 0 Å². The summed E-state index contributed by atoms with van der Waals surface area (Å²) in [6, 6.07) is 8.67. The van der Waals surface area contributed by atoms with Gasteiger partial charge in [0.2, 0.25) is 0 Å². The Bertz CT molecular complexity index is 592. The molecule has 0 saturated carbocycles. The zero-order chi connectivity index (χ0) is 15.2. The van der Waals surface area contributed by atoms with Crippen molar-refractivity contribution in [3.8, 4) is 5.75 Å². The number of nitrogens with zero attached hydrogens (tertiary/aromatic N) is 2. The van der Waals surface area contributed by atoms with Crippen molar-refractivity contribution in [2.24, 2.45) is 0 Å². The molecule has 0 radical (unpaired) electrons. The van der Waals surface area contributed by atoms with Crippen molar-refractivity contribution in [1.29, 1.82) is 0 Å². The average Bonchev–Trinajstić information content (AvgIpc) is 2.87. The molecule has 4 N–H and O–H groups in total. The fourth-order valence-corrected chi connectivity index (χ4v) is 1.63. The molecule has 0 aliphatic heterocycles. The molecule has 0 atom stereocenters. The zero-order valence-electron chi connectivity index (χ0n) is 12.1. The van der Waals surface area contributed by atoms with Gasteiger partial charge >= 0.3 is 0 Å². The molecule has 112 valence electrons. The third-order valence-corrected chi connectivity index (χ3v) is 2.76. The van der Waals surface area contributed by atoms with Gasteiger partial charge in [-0.2, -0.15) is 5.10 Å². The van der Waals surface area contributed by atoms with E-state index in [0.29, 0.717) is 18.0 Å². The van der Waals surface area contributed by atoms with Crippen LogP contribution in [0.3, 0.4) is 0 Å². The molecule has 1 aromatic carbocycles. The average molecular weight is 289 g/mol. The number of nitrogen functional groups attached to an aromatic ring is 1. The lowest BCUT2D eigenvalue weighted by Crippen LogP contribution is -2.19. The van der Waals surface area contributed by atoms with Crippen molar-refractivity contribution in [3.63, 3.8) is 0 Å². The van der Waals surface area contributed by atoms with E-state index in [1.807, 2.05) is 31.1 Å². The highest BCUT2D eigenvalue weighted by Gasteiger charge is 2.08. The molecule has 0 spiro atoms. The first-order chi connectivity index (χ1) is 10.0. The van der Waals surface area contributed by atoms with E-state index < -0.39 is 0 Å². The minimum atomic E-state index is -0.291. The number of carbonyl (C=O) groups excluding carboxylic acids is 1. The van der Waals surface area contributed by atoms with Gasteiger partial charge in [0, 0.05) is 18.3 Å². The summed E-state index contributed by atoms with van der Waals surface area (Å²) in [7, 11) is 3.98. The van der Waals surface area contributed by atoms with Crippen LogP contribution < -0.4 is 15.8 Å². The highest BCUT2D eigenvalue weighted by Crippen LogP contribution is 2.16. The summed E-state index contributed by atoms with van der Waals surface area (Å²) in [5, 5.41) is 9.01. The molecule has 0 fully saturated rings. The van der Waals surface area contributed by atoms with Crippen LogP contribution in [-0.2, 0) is 0 Å². The summed E-state index contributed by atoms with van der Waals surface area (Å²) >= 11 is 0. The van der Waals surface area contributed by atoms with E-state index >= 15 is 0 Å². The largest absolute Gasteiger partial charge is 0.492 e. The maximum atomic E-state index is 11.9. The lowest BCUT2D eigenvalue weighted by molar-refractivity contribution is 0.102. The number of likely N-dealkylation sites (N-methyl/N-ethyl adjacent to an activating group) is 1. The molecule has 2 rings (SSSR count). The molecular weight excluding hydrogens is 270 g/mol. The Morgan fingerprint density at radius 3 is 2.67 bits per heavy atom. The van der Waals surface area contributed by atoms with Crippen LogP contribution in [0.25, 0.3) is 0 Å². The second kappa shape index (κ2) is 6.76. The molecule has 7 heteroatoms. The van der Waals surface area contributed by atoms with E-state index in [9.17, 15) is 4.79 Å². The van der Waals surface area contributed by atoms with Gasteiger partial charge in [-0.05, 0) is 38.4 Å². The smallest absolute Gasteiger partial charge is 0.273 e. The Balaban J connectivity index is 1.88. The molecule has 0 saturated heterocycles. The second-order valence-corrected chi connectivity index (χ2v) is 4.84. The van der Waals surface area contributed by atoms with Gasteiger partial charge in [0.05, 0.1) is 0 Å². The van der Waals surface area contributed by atoms with Crippen molar-refractivity contribution in [1.82, 2.24) is 15.1 Å². The van der Waals surface area contributed by atoms with Gasteiger partial charge in [-0.25, -0.2) is 0 Å². The summed E-state index contributed by atoms with van der Waals surface area (Å²) in [5.74, 6) is 0.755. The van der Waals surface area contributed by atoms with Gasteiger partial charge in [-0.15, -0.1) is 0 Å². The molecule has 1 amide bonds. The Labute approximate surface area is 123 Å². The standard InChI is InChI=1S/C14H19N5O2/c1-19(2)7-8-21-11-5-3-10(4-6-11)16-14(20)12-9-13(15)18-17-12/h3-6,9H,7-8H2,1-2H3,(H,16,20)(H3,15,17,18). The molecule has 1 aromatic heterocycles. The second-order valence-electron chi connectivity index (χ2n) is 4.84. The third-order valence-electron chi connectivity index (χ3n) is 2.76. The van der Waals surface area contributed by atoms with Crippen molar-refractivity contribution >= 4 is 17.4 Å². The minimum Gasteiger partial charge on any atom is -0.492 e. The fourth-order valence-electron chi connectivity index (χ4n) is 1.63. The topological polar surface area (TPSA) is 96.3 Å². The molecular formula is C14H19N5O2. The van der Waals surface area contributed by atoms with E-state index in [4.69, 9.17) is 10.5 Å². The molecule has 21 heavy (non-hydrogen) atoms. The van der Waals surface area contributed by atoms with Gasteiger partial charge in [0.25, 0.3) is 5.91 Å². The Morgan fingerprint density at radius 2 is 2.10 bits per heavy atom. The first kappa shape index (κ1) is 14.9. The SMILES string of the molecule is CN(C)CCOc1ccc(NC(=O)c2cc(N)n[nH]2)cc1. The zero-order valence-corrected chi connectivity index (χ0v) is 12.1. The number of nitrogens with two attached hydrogens (primary N) is 1. The number of hydrogen-bond donors (Lipinski definition) is 3. The predicted octanol–water partition coefficient (Wildman–Crippen LogP) is 1.18. The quantitative estimate of drug-likeness (QED) is 0.742. The highest BCUT2D eigenvalue weighted by atomic mass is 16.5. The summed E-state index contributed by atoms with van der Waals surface area (Å²) in [6.07, 6.45) is 0. The molecule has 1 heterocycles. The maximum absolute atomic E-state index is 11.9. The summed E-state index contributed by atoms with van der Waals surface area (Å²) in [4.78, 5) is 13.9. The minimum absolute atomic E-state index is 0.282. The number of carbonyl (C=O) groups is 1. The highest BCUT2D eigenvalue weighted by molar-refractivity contribution is 6.03. The van der Waals surface area contributed by atoms with Crippen LogP contribution in [0, 0.1) is 0 Å². The van der Waals surface area contributed by atoms with E-state index in [1.165, 1.54) is 6.07 Å². The Hall–Kier alpha value is -2.54. The first-order valence-corrected chi connectivity index (χ1v) is 6.54. The van der Waals surface area contributed by atoms with Crippen molar-refractivity contribution < 1.29 is 9.53 Å². The molecule has 0 bridgehead atoms. The van der Waals surface area contributed by atoms with E-state index in [0.717, 1.165) is 12.3 Å². The van der Waals surface area contributed by atoms with Gasteiger partial charge in [-0.3, -0.25) is 9.89 Å². The van der Waals surface area contributed by atoms with Crippen LogP contribution in [0.4, 0.5) is 11.5 Å². The number of aromatic amines is 1. The number of rotatable bonds is 6. The van der Waals surface area contributed by atoms with Crippen LogP contribution in [-0.4, -0.2) is 48.3 Å². The maximum Gasteiger partial charge on any atom is 0.273 e.